The van der Waals surface area contributed by atoms with Crippen LogP contribution in [0.3, 0.4) is 0 Å². The van der Waals surface area contributed by atoms with E-state index < -0.39 is 18.6 Å². The topological polar surface area (TPSA) is 102 Å². The highest BCUT2D eigenvalue weighted by Crippen LogP contribution is 2.37. The molecule has 8 nitrogen and oxygen atoms in total. The standard InChI is InChI=1S/C19H20ClF2N5O3/c20-12-1-2-15(30-18(21)22)13(5-12)16(14-3-4-27(25-14)19(23)29)17(28)26-8-10-6-24-7-11(10)9-26/h1-5,10-11,16,18,24H,6-9H2,(H2,23,29). The van der Waals surface area contributed by atoms with Crippen LogP contribution < -0.4 is 15.8 Å². The molecule has 2 saturated heterocycles. The van der Waals surface area contributed by atoms with Crippen LogP contribution in [0.4, 0.5) is 13.6 Å². The minimum Gasteiger partial charge on any atom is -0.435 e. The van der Waals surface area contributed by atoms with Gasteiger partial charge in [-0.1, -0.05) is 11.6 Å². The number of hydrogen-bond donors (Lipinski definition) is 2. The molecule has 160 valence electrons. The van der Waals surface area contributed by atoms with E-state index in [1.54, 1.807) is 4.90 Å². The van der Waals surface area contributed by atoms with Crippen molar-refractivity contribution in [3.05, 3.63) is 46.7 Å². The summed E-state index contributed by atoms with van der Waals surface area (Å²) in [6.07, 6.45) is 1.32. The molecule has 2 aliphatic heterocycles. The van der Waals surface area contributed by atoms with Gasteiger partial charge in [0.25, 0.3) is 0 Å². The van der Waals surface area contributed by atoms with Gasteiger partial charge < -0.3 is 20.7 Å². The Labute approximate surface area is 175 Å². The molecule has 4 rings (SSSR count). The van der Waals surface area contributed by atoms with E-state index in [1.807, 2.05) is 0 Å². The van der Waals surface area contributed by atoms with E-state index in [0.717, 1.165) is 17.8 Å². The lowest BCUT2D eigenvalue weighted by Crippen LogP contribution is -2.36. The largest absolute Gasteiger partial charge is 0.435 e. The average molecular weight is 440 g/mol. The molecule has 1 aromatic carbocycles. The number of nitrogens with one attached hydrogen (secondary N) is 1. The predicted octanol–water partition coefficient (Wildman–Crippen LogP) is 1.87. The molecule has 0 bridgehead atoms. The first-order valence-corrected chi connectivity index (χ1v) is 9.80. The number of amides is 2. The maximum Gasteiger partial charge on any atom is 0.387 e. The highest BCUT2D eigenvalue weighted by molar-refractivity contribution is 6.30. The molecule has 11 heteroatoms. The number of hydrogen-bond acceptors (Lipinski definition) is 5. The van der Waals surface area contributed by atoms with Crippen molar-refractivity contribution in [1.82, 2.24) is 20.0 Å². The van der Waals surface area contributed by atoms with E-state index in [2.05, 4.69) is 15.2 Å². The molecule has 2 aliphatic rings. The van der Waals surface area contributed by atoms with Crippen molar-refractivity contribution < 1.29 is 23.1 Å². The van der Waals surface area contributed by atoms with Gasteiger partial charge in [-0.05, 0) is 36.1 Å². The van der Waals surface area contributed by atoms with E-state index in [0.29, 0.717) is 24.9 Å². The van der Waals surface area contributed by atoms with Crippen molar-refractivity contribution in [2.24, 2.45) is 17.6 Å². The van der Waals surface area contributed by atoms with Gasteiger partial charge in [-0.25, -0.2) is 4.79 Å². The number of nitrogens with zero attached hydrogens (tertiary/aromatic N) is 3. The molecule has 3 heterocycles. The van der Waals surface area contributed by atoms with Crippen LogP contribution in [0, 0.1) is 11.8 Å². The van der Waals surface area contributed by atoms with Crippen LogP contribution in [0.25, 0.3) is 0 Å². The molecule has 0 spiro atoms. The van der Waals surface area contributed by atoms with Gasteiger partial charge >= 0.3 is 12.6 Å². The van der Waals surface area contributed by atoms with E-state index in [9.17, 15) is 18.4 Å². The number of nitrogens with two attached hydrogens (primary N) is 1. The lowest BCUT2D eigenvalue weighted by Gasteiger charge is -2.25. The lowest BCUT2D eigenvalue weighted by molar-refractivity contribution is -0.131. The van der Waals surface area contributed by atoms with Crippen LogP contribution in [0.5, 0.6) is 5.75 Å². The average Bonchev–Trinajstić information content (AvgIpc) is 3.39. The minimum atomic E-state index is -3.08. The zero-order valence-corrected chi connectivity index (χ0v) is 16.6. The fourth-order valence-electron chi connectivity index (χ4n) is 4.20. The van der Waals surface area contributed by atoms with Crippen molar-refractivity contribution in [3.8, 4) is 5.75 Å². The Morgan fingerprint density at radius 2 is 1.93 bits per heavy atom. The Morgan fingerprint density at radius 3 is 2.53 bits per heavy atom. The molecular formula is C19H20ClF2N5O3. The Hall–Kier alpha value is -2.72. The van der Waals surface area contributed by atoms with Crippen molar-refractivity contribution >= 4 is 23.5 Å². The molecule has 30 heavy (non-hydrogen) atoms. The molecule has 3 unspecified atom stereocenters. The van der Waals surface area contributed by atoms with Crippen LogP contribution in [0.1, 0.15) is 17.2 Å². The monoisotopic (exact) mass is 439 g/mol. The summed E-state index contributed by atoms with van der Waals surface area (Å²) in [5, 5.41) is 7.65. The summed E-state index contributed by atoms with van der Waals surface area (Å²) in [6.45, 7) is -0.329. The number of likely N-dealkylation sites (tertiary alicyclic amines) is 1. The first-order chi connectivity index (χ1) is 14.3. The number of carbonyl (C=O) groups is 2. The highest BCUT2D eigenvalue weighted by Gasteiger charge is 2.41. The van der Waals surface area contributed by atoms with Crippen molar-refractivity contribution in [3.63, 3.8) is 0 Å². The minimum absolute atomic E-state index is 0.151. The number of carbonyl (C=O) groups excluding carboxylic acids is 2. The number of benzene rings is 1. The van der Waals surface area contributed by atoms with E-state index in [1.165, 1.54) is 30.5 Å². The maximum absolute atomic E-state index is 13.6. The third-order valence-corrected chi connectivity index (χ3v) is 5.81. The second-order valence-electron chi connectivity index (χ2n) is 7.44. The predicted molar refractivity (Wildman–Crippen MR) is 104 cm³/mol. The third kappa shape index (κ3) is 3.97. The Balaban J connectivity index is 1.75. The molecule has 2 aromatic rings. The van der Waals surface area contributed by atoms with Crippen LogP contribution >= 0.6 is 11.6 Å². The Kier molecular flexibility index (Phi) is 5.61. The molecule has 2 amide bonds. The van der Waals surface area contributed by atoms with Gasteiger partial charge in [0.05, 0.1) is 5.69 Å². The first kappa shape index (κ1) is 20.5. The zero-order chi connectivity index (χ0) is 21.4. The van der Waals surface area contributed by atoms with Crippen molar-refractivity contribution in [2.45, 2.75) is 12.5 Å². The molecule has 1 aromatic heterocycles. The number of rotatable bonds is 5. The van der Waals surface area contributed by atoms with Crippen LogP contribution in [0.15, 0.2) is 30.5 Å². The van der Waals surface area contributed by atoms with Gasteiger partial charge in [0.2, 0.25) is 5.91 Å². The summed E-state index contributed by atoms with van der Waals surface area (Å²) < 4.78 is 31.5. The van der Waals surface area contributed by atoms with Crippen molar-refractivity contribution in [1.29, 1.82) is 0 Å². The van der Waals surface area contributed by atoms with Gasteiger partial charge in [0, 0.05) is 43.0 Å². The smallest absolute Gasteiger partial charge is 0.387 e. The quantitative estimate of drug-likeness (QED) is 0.740. The van der Waals surface area contributed by atoms with Crippen LogP contribution in [-0.2, 0) is 4.79 Å². The van der Waals surface area contributed by atoms with Gasteiger partial charge in [0.1, 0.15) is 11.7 Å². The van der Waals surface area contributed by atoms with E-state index >= 15 is 0 Å². The van der Waals surface area contributed by atoms with Crippen LogP contribution in [0.2, 0.25) is 5.02 Å². The second kappa shape index (κ2) is 8.19. The Bertz CT molecular complexity index is 957. The fraction of sp³-hybridized carbons (Fsp3) is 0.421. The fourth-order valence-corrected chi connectivity index (χ4v) is 4.38. The molecule has 2 fully saturated rings. The summed E-state index contributed by atoms with van der Waals surface area (Å²) in [6, 6.07) is 4.72. The maximum atomic E-state index is 13.6. The first-order valence-electron chi connectivity index (χ1n) is 9.42. The Morgan fingerprint density at radius 1 is 1.23 bits per heavy atom. The summed E-state index contributed by atoms with van der Waals surface area (Å²) in [5.74, 6) is -0.893. The van der Waals surface area contributed by atoms with Gasteiger partial charge in [0.15, 0.2) is 0 Å². The van der Waals surface area contributed by atoms with Crippen LogP contribution in [-0.4, -0.2) is 59.4 Å². The van der Waals surface area contributed by atoms with Gasteiger partial charge in [-0.3, -0.25) is 4.79 Å². The number of alkyl halides is 2. The van der Waals surface area contributed by atoms with E-state index in [-0.39, 0.29) is 27.9 Å². The molecule has 0 radical (unpaired) electrons. The summed E-state index contributed by atoms with van der Waals surface area (Å²) in [4.78, 5) is 26.7. The normalized spacial score (nSPS) is 21.7. The number of fused-ring (bicyclic) bond motifs is 1. The number of primary amides is 1. The second-order valence-corrected chi connectivity index (χ2v) is 7.88. The molecule has 0 aliphatic carbocycles. The molecule has 3 N–H and O–H groups in total. The lowest BCUT2D eigenvalue weighted by atomic mass is 9.93. The number of ether oxygens (including phenoxy) is 1. The van der Waals surface area contributed by atoms with Crippen molar-refractivity contribution in [2.75, 3.05) is 26.2 Å². The SMILES string of the molecule is NC(=O)n1ccc(C(C(=O)N2CC3CNCC3C2)c2cc(Cl)ccc2OC(F)F)n1. The van der Waals surface area contributed by atoms with Gasteiger partial charge in [-0.15, -0.1) is 0 Å². The zero-order valence-electron chi connectivity index (χ0n) is 15.8. The summed E-state index contributed by atoms with van der Waals surface area (Å²) >= 11 is 6.11. The number of aromatic nitrogens is 2. The third-order valence-electron chi connectivity index (χ3n) is 5.58. The van der Waals surface area contributed by atoms with E-state index in [4.69, 9.17) is 17.3 Å². The summed E-state index contributed by atoms with van der Waals surface area (Å²) in [7, 11) is 0. The van der Waals surface area contributed by atoms with Gasteiger partial charge in [-0.2, -0.15) is 18.6 Å². The number of halogens is 3. The molecule has 3 atom stereocenters. The molecule has 0 saturated carbocycles. The highest BCUT2D eigenvalue weighted by atomic mass is 35.5. The summed E-state index contributed by atoms with van der Waals surface area (Å²) in [5.41, 5.74) is 5.60. The molecular weight excluding hydrogens is 420 g/mol.